The molecule has 0 saturated heterocycles. The highest BCUT2D eigenvalue weighted by atomic mass is 16.6. The van der Waals surface area contributed by atoms with Crippen molar-refractivity contribution in [2.24, 2.45) is 11.8 Å². The minimum absolute atomic E-state index is 0.0622. The number of ether oxygens (including phenoxy) is 2. The van der Waals surface area contributed by atoms with E-state index in [0.29, 0.717) is 6.42 Å². The lowest BCUT2D eigenvalue weighted by Gasteiger charge is -2.24. The van der Waals surface area contributed by atoms with Gasteiger partial charge in [0.2, 0.25) is 0 Å². The summed E-state index contributed by atoms with van der Waals surface area (Å²) in [5.74, 6) is -2.90. The molecule has 0 N–H and O–H groups in total. The van der Waals surface area contributed by atoms with Crippen molar-refractivity contribution in [1.29, 1.82) is 0 Å². The van der Waals surface area contributed by atoms with Crippen LogP contribution in [-0.4, -0.2) is 17.7 Å². The van der Waals surface area contributed by atoms with Gasteiger partial charge in [-0.1, -0.05) is 80.4 Å². The standard InChI is InChI=1S/C25H30O5/c1-3-4-15-22(16-19(2)26)23(24(27)29-17-20-11-7-5-8-12-20)25(28)30-18-21-13-9-6-10-14-21/h5-14,22-23H,3-4,15-18H2,1-2H3/t22-/m1/s1. The van der Waals surface area contributed by atoms with E-state index < -0.39 is 23.8 Å². The Kier molecular flexibility index (Phi) is 9.78. The molecule has 0 radical (unpaired) electrons. The van der Waals surface area contributed by atoms with Gasteiger partial charge in [-0.15, -0.1) is 0 Å². The molecule has 5 nitrogen and oxygen atoms in total. The summed E-state index contributed by atoms with van der Waals surface area (Å²) in [5, 5.41) is 0. The van der Waals surface area contributed by atoms with Gasteiger partial charge in [-0.25, -0.2) is 0 Å². The Labute approximate surface area is 178 Å². The van der Waals surface area contributed by atoms with Crippen molar-refractivity contribution < 1.29 is 23.9 Å². The average molecular weight is 411 g/mol. The maximum atomic E-state index is 12.9. The summed E-state index contributed by atoms with van der Waals surface area (Å²) in [4.78, 5) is 37.7. The first kappa shape index (κ1) is 23.3. The van der Waals surface area contributed by atoms with Crippen LogP contribution in [0.1, 0.15) is 50.7 Å². The van der Waals surface area contributed by atoms with Gasteiger partial charge in [-0.05, 0) is 30.4 Å². The molecule has 0 fully saturated rings. The summed E-state index contributed by atoms with van der Waals surface area (Å²) in [6, 6.07) is 18.6. The second-order valence-electron chi connectivity index (χ2n) is 7.47. The van der Waals surface area contributed by atoms with Crippen molar-refractivity contribution in [3.8, 4) is 0 Å². The lowest BCUT2D eigenvalue weighted by molar-refractivity contribution is -0.167. The molecule has 0 unspecified atom stereocenters. The Balaban J connectivity index is 2.14. The number of carbonyl (C=O) groups excluding carboxylic acids is 3. The van der Waals surface area contributed by atoms with Gasteiger partial charge >= 0.3 is 11.9 Å². The smallest absolute Gasteiger partial charge is 0.320 e. The van der Waals surface area contributed by atoms with Gasteiger partial charge in [0.05, 0.1) is 0 Å². The van der Waals surface area contributed by atoms with Gasteiger partial charge in [-0.3, -0.25) is 9.59 Å². The molecule has 2 aromatic carbocycles. The van der Waals surface area contributed by atoms with Crippen LogP contribution in [0.4, 0.5) is 0 Å². The number of hydrogen-bond acceptors (Lipinski definition) is 5. The van der Waals surface area contributed by atoms with E-state index in [0.717, 1.165) is 24.0 Å². The molecular weight excluding hydrogens is 380 g/mol. The predicted molar refractivity (Wildman–Crippen MR) is 114 cm³/mol. The van der Waals surface area contributed by atoms with Crippen LogP contribution in [0, 0.1) is 11.8 Å². The zero-order valence-electron chi connectivity index (χ0n) is 17.7. The van der Waals surface area contributed by atoms with Crippen molar-refractivity contribution in [3.05, 3.63) is 71.8 Å². The molecule has 0 saturated carbocycles. The van der Waals surface area contributed by atoms with E-state index in [1.807, 2.05) is 67.6 Å². The van der Waals surface area contributed by atoms with Gasteiger partial charge in [0.15, 0.2) is 5.92 Å². The van der Waals surface area contributed by atoms with Crippen LogP contribution in [-0.2, 0) is 37.1 Å². The number of hydrogen-bond donors (Lipinski definition) is 0. The molecule has 30 heavy (non-hydrogen) atoms. The number of unbranched alkanes of at least 4 members (excludes halogenated alkanes) is 1. The highest BCUT2D eigenvalue weighted by Crippen LogP contribution is 2.26. The van der Waals surface area contributed by atoms with Crippen LogP contribution in [0.2, 0.25) is 0 Å². The Morgan fingerprint density at radius 3 is 1.67 bits per heavy atom. The average Bonchev–Trinajstić information content (AvgIpc) is 2.75. The third-order valence-corrected chi connectivity index (χ3v) is 4.91. The molecule has 5 heteroatoms. The quantitative estimate of drug-likeness (QED) is 0.369. The Morgan fingerprint density at radius 2 is 1.27 bits per heavy atom. The molecule has 0 aliphatic heterocycles. The summed E-state index contributed by atoms with van der Waals surface area (Å²) >= 11 is 0. The Hall–Kier alpha value is -2.95. The number of ketones is 1. The molecule has 0 spiro atoms. The first-order valence-electron chi connectivity index (χ1n) is 10.4. The van der Waals surface area contributed by atoms with Gasteiger partial charge in [-0.2, -0.15) is 0 Å². The van der Waals surface area contributed by atoms with Crippen LogP contribution >= 0.6 is 0 Å². The van der Waals surface area contributed by atoms with Crippen LogP contribution in [0.25, 0.3) is 0 Å². The number of rotatable bonds is 12. The van der Waals surface area contributed by atoms with Crippen molar-refractivity contribution in [3.63, 3.8) is 0 Å². The van der Waals surface area contributed by atoms with Crippen molar-refractivity contribution in [2.45, 2.75) is 52.7 Å². The maximum Gasteiger partial charge on any atom is 0.320 e. The van der Waals surface area contributed by atoms with Crippen LogP contribution in [0.5, 0.6) is 0 Å². The molecular formula is C25H30O5. The number of benzene rings is 2. The highest BCUT2D eigenvalue weighted by molar-refractivity contribution is 5.96. The second-order valence-corrected chi connectivity index (χ2v) is 7.47. The third kappa shape index (κ3) is 7.82. The van der Waals surface area contributed by atoms with E-state index in [1.54, 1.807) is 0 Å². The predicted octanol–water partition coefficient (Wildman–Crippen LogP) is 4.87. The monoisotopic (exact) mass is 410 g/mol. The van der Waals surface area contributed by atoms with Gasteiger partial charge < -0.3 is 14.3 Å². The first-order chi connectivity index (χ1) is 14.5. The maximum absolute atomic E-state index is 12.9. The summed E-state index contributed by atoms with van der Waals surface area (Å²) < 4.78 is 10.9. The topological polar surface area (TPSA) is 69.7 Å². The second kappa shape index (κ2) is 12.6. The van der Waals surface area contributed by atoms with Crippen molar-refractivity contribution in [2.75, 3.05) is 0 Å². The van der Waals surface area contributed by atoms with E-state index in [2.05, 4.69) is 0 Å². The van der Waals surface area contributed by atoms with E-state index in [-0.39, 0.29) is 25.4 Å². The zero-order valence-corrected chi connectivity index (χ0v) is 17.7. The fraction of sp³-hybridized carbons (Fsp3) is 0.400. The van der Waals surface area contributed by atoms with Gasteiger partial charge in [0, 0.05) is 6.42 Å². The summed E-state index contributed by atoms with van der Waals surface area (Å²) in [6.45, 7) is 3.65. The minimum Gasteiger partial charge on any atom is -0.460 e. The van der Waals surface area contributed by atoms with Gasteiger partial charge in [0.25, 0.3) is 0 Å². The SMILES string of the molecule is CCCC[C@H](CC(C)=O)C(C(=O)OCc1ccccc1)C(=O)OCc1ccccc1. The Morgan fingerprint density at radius 1 is 0.800 bits per heavy atom. The molecule has 0 aliphatic rings. The molecule has 0 aliphatic carbocycles. The molecule has 1 atom stereocenters. The first-order valence-corrected chi connectivity index (χ1v) is 10.4. The van der Waals surface area contributed by atoms with Gasteiger partial charge in [0.1, 0.15) is 19.0 Å². The van der Waals surface area contributed by atoms with Crippen LogP contribution in [0.15, 0.2) is 60.7 Å². The number of esters is 2. The zero-order chi connectivity index (χ0) is 21.8. The lowest BCUT2D eigenvalue weighted by atomic mass is 9.84. The molecule has 2 aromatic rings. The van der Waals surface area contributed by atoms with Crippen LogP contribution < -0.4 is 0 Å². The van der Waals surface area contributed by atoms with Crippen molar-refractivity contribution in [1.82, 2.24) is 0 Å². The summed E-state index contributed by atoms with van der Waals surface area (Å²) in [6.07, 6.45) is 2.44. The summed E-state index contributed by atoms with van der Waals surface area (Å²) in [5.41, 5.74) is 1.66. The molecule has 2 rings (SSSR count). The van der Waals surface area contributed by atoms with E-state index >= 15 is 0 Å². The largest absolute Gasteiger partial charge is 0.460 e. The molecule has 0 heterocycles. The molecule has 0 bridgehead atoms. The number of carbonyl (C=O) groups is 3. The molecule has 0 amide bonds. The molecule has 0 aromatic heterocycles. The van der Waals surface area contributed by atoms with Crippen molar-refractivity contribution >= 4 is 17.7 Å². The highest BCUT2D eigenvalue weighted by Gasteiger charge is 2.38. The van der Waals surface area contributed by atoms with E-state index in [9.17, 15) is 14.4 Å². The van der Waals surface area contributed by atoms with Crippen LogP contribution in [0.3, 0.4) is 0 Å². The lowest BCUT2D eigenvalue weighted by Crippen LogP contribution is -2.35. The van der Waals surface area contributed by atoms with E-state index in [4.69, 9.17) is 9.47 Å². The normalized spacial score (nSPS) is 11.7. The minimum atomic E-state index is -1.12. The molecule has 160 valence electrons. The number of Topliss-reactive ketones (excluding diaryl/α,β-unsaturated/α-hetero) is 1. The fourth-order valence-electron chi connectivity index (χ4n) is 3.34. The fourth-order valence-corrected chi connectivity index (χ4v) is 3.34. The third-order valence-electron chi connectivity index (χ3n) is 4.91. The van der Waals surface area contributed by atoms with E-state index in [1.165, 1.54) is 6.92 Å². The Bertz CT molecular complexity index is 745. The summed E-state index contributed by atoms with van der Waals surface area (Å²) in [7, 11) is 0.